The van der Waals surface area contributed by atoms with E-state index in [0.717, 1.165) is 6.42 Å². The lowest BCUT2D eigenvalue weighted by Gasteiger charge is -2.13. The predicted octanol–water partition coefficient (Wildman–Crippen LogP) is 3.16. The monoisotopic (exact) mass is 280 g/mol. The van der Waals surface area contributed by atoms with Crippen LogP contribution in [-0.2, 0) is 6.42 Å². The number of halogens is 1. The molecule has 0 bridgehead atoms. The summed E-state index contributed by atoms with van der Waals surface area (Å²) in [6.07, 6.45) is 2.38. The summed E-state index contributed by atoms with van der Waals surface area (Å²) < 4.78 is 0. The van der Waals surface area contributed by atoms with Crippen LogP contribution in [0, 0.1) is 0 Å². The number of amides is 1. The van der Waals surface area contributed by atoms with E-state index in [-0.39, 0.29) is 17.1 Å². The number of carbonyl (C=O) groups excluding carboxylic acids is 1. The van der Waals surface area contributed by atoms with Crippen LogP contribution in [0.3, 0.4) is 0 Å². The molecule has 1 unspecified atom stereocenters. The van der Waals surface area contributed by atoms with E-state index in [1.165, 1.54) is 5.56 Å². The minimum absolute atomic E-state index is 0.0587. The number of pyridine rings is 1. The Bertz CT molecular complexity index is 528. The molecular formula is C13H13ClN2OS. The van der Waals surface area contributed by atoms with Crippen LogP contribution in [0.15, 0.2) is 35.2 Å². The van der Waals surface area contributed by atoms with Crippen molar-refractivity contribution in [3.05, 3.63) is 51.4 Å². The molecule has 2 heterocycles. The summed E-state index contributed by atoms with van der Waals surface area (Å²) in [5.74, 6) is -0.184. The molecule has 2 rings (SSSR count). The molecule has 0 spiro atoms. The van der Waals surface area contributed by atoms with Gasteiger partial charge in [0, 0.05) is 12.2 Å². The highest BCUT2D eigenvalue weighted by Gasteiger charge is 2.13. The summed E-state index contributed by atoms with van der Waals surface area (Å²) in [6, 6.07) is 5.49. The molecule has 0 aliphatic heterocycles. The van der Waals surface area contributed by atoms with Crippen molar-refractivity contribution in [2.24, 2.45) is 0 Å². The summed E-state index contributed by atoms with van der Waals surface area (Å²) in [5.41, 5.74) is 1.64. The quantitative estimate of drug-likeness (QED) is 0.874. The second-order valence-electron chi connectivity index (χ2n) is 4.05. The number of aromatic nitrogens is 1. The van der Waals surface area contributed by atoms with Crippen molar-refractivity contribution in [3.8, 4) is 0 Å². The first-order valence-corrected chi connectivity index (χ1v) is 6.91. The summed E-state index contributed by atoms with van der Waals surface area (Å²) in [4.78, 5) is 15.9. The second kappa shape index (κ2) is 5.98. The van der Waals surface area contributed by atoms with E-state index in [9.17, 15) is 4.79 Å². The number of nitrogens with one attached hydrogen (secondary N) is 1. The Kier molecular flexibility index (Phi) is 4.33. The molecule has 1 N–H and O–H groups in total. The smallest absolute Gasteiger partial charge is 0.254 e. The van der Waals surface area contributed by atoms with Crippen molar-refractivity contribution in [2.75, 3.05) is 0 Å². The molecule has 0 radical (unpaired) electrons. The Labute approximate surface area is 115 Å². The third-order valence-corrected chi connectivity index (χ3v) is 3.54. The van der Waals surface area contributed by atoms with Crippen molar-refractivity contribution in [1.29, 1.82) is 0 Å². The van der Waals surface area contributed by atoms with E-state index in [4.69, 9.17) is 11.6 Å². The van der Waals surface area contributed by atoms with Gasteiger partial charge in [0.25, 0.3) is 5.91 Å². The van der Waals surface area contributed by atoms with E-state index < -0.39 is 0 Å². The first-order valence-electron chi connectivity index (χ1n) is 5.59. The van der Waals surface area contributed by atoms with E-state index >= 15 is 0 Å². The molecule has 0 aliphatic rings. The van der Waals surface area contributed by atoms with Gasteiger partial charge in [-0.3, -0.25) is 4.79 Å². The summed E-state index contributed by atoms with van der Waals surface area (Å²) >= 11 is 7.53. The van der Waals surface area contributed by atoms with Crippen LogP contribution < -0.4 is 5.32 Å². The molecule has 1 amide bonds. The Morgan fingerprint density at radius 3 is 3.06 bits per heavy atom. The summed E-state index contributed by atoms with van der Waals surface area (Å²) in [7, 11) is 0. The fraction of sp³-hybridized carbons (Fsp3) is 0.231. The van der Waals surface area contributed by atoms with Gasteiger partial charge in [-0.25, -0.2) is 4.98 Å². The molecule has 2 aromatic rings. The van der Waals surface area contributed by atoms with Crippen molar-refractivity contribution >= 4 is 28.8 Å². The summed E-state index contributed by atoms with van der Waals surface area (Å²) in [6.45, 7) is 1.97. The lowest BCUT2D eigenvalue weighted by atomic mass is 10.1. The highest BCUT2D eigenvalue weighted by molar-refractivity contribution is 7.07. The zero-order valence-corrected chi connectivity index (χ0v) is 11.5. The van der Waals surface area contributed by atoms with Crippen LogP contribution in [0.25, 0.3) is 0 Å². The number of nitrogens with zero attached hydrogens (tertiary/aromatic N) is 1. The molecule has 2 aromatic heterocycles. The average Bonchev–Trinajstić information content (AvgIpc) is 2.82. The fourth-order valence-corrected chi connectivity index (χ4v) is 2.56. The molecule has 0 aromatic carbocycles. The first kappa shape index (κ1) is 13.1. The number of hydrogen-bond acceptors (Lipinski definition) is 3. The first-order chi connectivity index (χ1) is 8.66. The number of thiophene rings is 1. The van der Waals surface area contributed by atoms with E-state index in [2.05, 4.69) is 21.7 Å². The lowest BCUT2D eigenvalue weighted by molar-refractivity contribution is 0.0940. The standard InChI is InChI=1S/C13H13ClN2OS/c1-9(7-10-4-6-18-8-10)16-13(17)11-3-2-5-15-12(11)14/h2-6,8-9H,7H2,1H3,(H,16,17). The normalized spacial score (nSPS) is 12.1. The SMILES string of the molecule is CC(Cc1ccsc1)NC(=O)c1cccnc1Cl. The van der Waals surface area contributed by atoms with Gasteiger partial charge in [0.05, 0.1) is 5.56 Å². The zero-order chi connectivity index (χ0) is 13.0. The Balaban J connectivity index is 1.97. The number of hydrogen-bond donors (Lipinski definition) is 1. The minimum Gasteiger partial charge on any atom is -0.349 e. The van der Waals surface area contributed by atoms with Crippen LogP contribution in [0.2, 0.25) is 5.15 Å². The van der Waals surface area contributed by atoms with Crippen LogP contribution >= 0.6 is 22.9 Å². The van der Waals surface area contributed by atoms with Crippen LogP contribution in [0.5, 0.6) is 0 Å². The maximum absolute atomic E-state index is 12.0. The molecule has 18 heavy (non-hydrogen) atoms. The van der Waals surface area contributed by atoms with Crippen molar-refractivity contribution < 1.29 is 4.79 Å². The van der Waals surface area contributed by atoms with E-state index in [0.29, 0.717) is 5.56 Å². The Hall–Kier alpha value is -1.39. The van der Waals surface area contributed by atoms with Gasteiger partial charge >= 0.3 is 0 Å². The molecule has 0 aliphatic carbocycles. The van der Waals surface area contributed by atoms with Gasteiger partial charge in [-0.15, -0.1) is 0 Å². The van der Waals surface area contributed by atoms with E-state index in [1.807, 2.05) is 12.3 Å². The molecule has 94 valence electrons. The molecule has 5 heteroatoms. The third-order valence-electron chi connectivity index (χ3n) is 2.50. The molecular weight excluding hydrogens is 268 g/mol. The molecule has 0 saturated carbocycles. The average molecular weight is 281 g/mol. The van der Waals surface area contributed by atoms with Crippen molar-refractivity contribution in [3.63, 3.8) is 0 Å². The van der Waals surface area contributed by atoms with Crippen molar-refractivity contribution in [1.82, 2.24) is 10.3 Å². The topological polar surface area (TPSA) is 42.0 Å². The van der Waals surface area contributed by atoms with Gasteiger partial charge in [0.2, 0.25) is 0 Å². The predicted molar refractivity (Wildman–Crippen MR) is 74.2 cm³/mol. The van der Waals surface area contributed by atoms with Crippen molar-refractivity contribution in [2.45, 2.75) is 19.4 Å². The number of rotatable bonds is 4. The fourth-order valence-electron chi connectivity index (χ4n) is 1.67. The van der Waals surface area contributed by atoms with E-state index in [1.54, 1.807) is 29.7 Å². The van der Waals surface area contributed by atoms with Crippen LogP contribution in [0.4, 0.5) is 0 Å². The largest absolute Gasteiger partial charge is 0.349 e. The van der Waals surface area contributed by atoms with Gasteiger partial charge in [-0.05, 0) is 47.9 Å². The Morgan fingerprint density at radius 2 is 2.39 bits per heavy atom. The molecule has 3 nitrogen and oxygen atoms in total. The summed E-state index contributed by atoms with van der Waals surface area (Å²) in [5, 5.41) is 7.26. The molecule has 1 atom stereocenters. The maximum atomic E-state index is 12.0. The highest BCUT2D eigenvalue weighted by atomic mass is 35.5. The third kappa shape index (κ3) is 3.31. The van der Waals surface area contributed by atoms with Crippen LogP contribution in [-0.4, -0.2) is 16.9 Å². The van der Waals surface area contributed by atoms with Gasteiger partial charge in [0.1, 0.15) is 5.15 Å². The van der Waals surface area contributed by atoms with Gasteiger partial charge < -0.3 is 5.32 Å². The number of carbonyl (C=O) groups is 1. The highest BCUT2D eigenvalue weighted by Crippen LogP contribution is 2.12. The van der Waals surface area contributed by atoms with Gasteiger partial charge in [0.15, 0.2) is 0 Å². The van der Waals surface area contributed by atoms with Crippen LogP contribution in [0.1, 0.15) is 22.8 Å². The molecule has 0 saturated heterocycles. The zero-order valence-electron chi connectivity index (χ0n) is 9.89. The maximum Gasteiger partial charge on any atom is 0.254 e. The Morgan fingerprint density at radius 1 is 1.56 bits per heavy atom. The minimum atomic E-state index is -0.184. The van der Waals surface area contributed by atoms with Gasteiger partial charge in [-0.2, -0.15) is 11.3 Å². The molecule has 0 fully saturated rings. The second-order valence-corrected chi connectivity index (χ2v) is 5.19. The lowest BCUT2D eigenvalue weighted by Crippen LogP contribution is -2.34. The van der Waals surface area contributed by atoms with Gasteiger partial charge in [-0.1, -0.05) is 11.6 Å².